The van der Waals surface area contributed by atoms with Gasteiger partial charge in [0, 0.05) is 29.3 Å². The summed E-state index contributed by atoms with van der Waals surface area (Å²) in [5.41, 5.74) is 8.74. The van der Waals surface area contributed by atoms with Crippen molar-refractivity contribution in [1.29, 1.82) is 0 Å². The molecule has 0 amide bonds. The fourth-order valence-corrected chi connectivity index (χ4v) is 3.40. The third kappa shape index (κ3) is 3.96. The molecule has 1 aliphatic rings. The SMILES string of the molecule is CCCC1CCN(c2cc(Br)ccc2CC(C)N)C1. The van der Waals surface area contributed by atoms with Gasteiger partial charge in [0.15, 0.2) is 0 Å². The summed E-state index contributed by atoms with van der Waals surface area (Å²) in [5.74, 6) is 0.868. The van der Waals surface area contributed by atoms with Crippen molar-refractivity contribution in [2.24, 2.45) is 11.7 Å². The van der Waals surface area contributed by atoms with E-state index in [0.29, 0.717) is 0 Å². The molecule has 2 rings (SSSR count). The average molecular weight is 325 g/mol. The molecule has 0 bridgehead atoms. The van der Waals surface area contributed by atoms with Crippen molar-refractivity contribution in [2.75, 3.05) is 18.0 Å². The molecule has 0 saturated carbocycles. The Morgan fingerprint density at radius 2 is 2.26 bits per heavy atom. The van der Waals surface area contributed by atoms with Crippen LogP contribution in [0.5, 0.6) is 0 Å². The maximum absolute atomic E-state index is 5.97. The fourth-order valence-electron chi connectivity index (χ4n) is 3.05. The molecule has 3 heteroatoms. The quantitative estimate of drug-likeness (QED) is 0.888. The summed E-state index contributed by atoms with van der Waals surface area (Å²) in [6, 6.07) is 6.82. The number of hydrogen-bond acceptors (Lipinski definition) is 2. The molecule has 1 fully saturated rings. The Hall–Kier alpha value is -0.540. The molecule has 19 heavy (non-hydrogen) atoms. The molecule has 0 aliphatic carbocycles. The molecule has 1 aromatic rings. The molecule has 0 radical (unpaired) electrons. The van der Waals surface area contributed by atoms with Gasteiger partial charge in [-0.05, 0) is 49.8 Å². The normalized spacial score (nSPS) is 20.8. The highest BCUT2D eigenvalue weighted by Crippen LogP contribution is 2.31. The van der Waals surface area contributed by atoms with Gasteiger partial charge in [-0.1, -0.05) is 35.3 Å². The predicted molar refractivity (Wildman–Crippen MR) is 86.7 cm³/mol. The van der Waals surface area contributed by atoms with Crippen molar-refractivity contribution in [1.82, 2.24) is 0 Å². The number of nitrogens with two attached hydrogens (primary N) is 1. The summed E-state index contributed by atoms with van der Waals surface area (Å²) in [7, 11) is 0. The van der Waals surface area contributed by atoms with Crippen LogP contribution in [-0.2, 0) is 6.42 Å². The molecule has 0 spiro atoms. The summed E-state index contributed by atoms with van der Waals surface area (Å²) in [6.45, 7) is 6.75. The molecule has 2 atom stereocenters. The zero-order chi connectivity index (χ0) is 13.8. The highest BCUT2D eigenvalue weighted by molar-refractivity contribution is 9.10. The zero-order valence-electron chi connectivity index (χ0n) is 12.0. The summed E-state index contributed by atoms with van der Waals surface area (Å²) < 4.78 is 1.16. The topological polar surface area (TPSA) is 29.3 Å². The Morgan fingerprint density at radius 3 is 2.95 bits per heavy atom. The van der Waals surface area contributed by atoms with Crippen LogP contribution in [0.3, 0.4) is 0 Å². The van der Waals surface area contributed by atoms with Crippen LogP contribution in [-0.4, -0.2) is 19.1 Å². The number of hydrogen-bond donors (Lipinski definition) is 1. The van der Waals surface area contributed by atoms with Gasteiger partial charge in [-0.15, -0.1) is 0 Å². The van der Waals surface area contributed by atoms with Crippen LogP contribution < -0.4 is 10.6 Å². The van der Waals surface area contributed by atoms with Crippen molar-refractivity contribution in [2.45, 2.75) is 45.6 Å². The van der Waals surface area contributed by atoms with Gasteiger partial charge in [0.1, 0.15) is 0 Å². The second kappa shape index (κ2) is 6.76. The van der Waals surface area contributed by atoms with E-state index in [1.165, 1.54) is 43.6 Å². The summed E-state index contributed by atoms with van der Waals surface area (Å²) in [5, 5.41) is 0. The van der Waals surface area contributed by atoms with Crippen LogP contribution >= 0.6 is 15.9 Å². The zero-order valence-corrected chi connectivity index (χ0v) is 13.6. The molecule has 1 heterocycles. The molecule has 1 saturated heterocycles. The Labute approximate surface area is 125 Å². The van der Waals surface area contributed by atoms with E-state index >= 15 is 0 Å². The Balaban J connectivity index is 2.16. The lowest BCUT2D eigenvalue weighted by molar-refractivity contribution is 0.529. The highest BCUT2D eigenvalue weighted by atomic mass is 79.9. The Bertz CT molecular complexity index is 417. The number of anilines is 1. The number of rotatable bonds is 5. The van der Waals surface area contributed by atoms with Gasteiger partial charge in [-0.2, -0.15) is 0 Å². The third-order valence-electron chi connectivity index (χ3n) is 3.91. The Kier molecular flexibility index (Phi) is 5.28. The van der Waals surface area contributed by atoms with E-state index in [0.717, 1.165) is 16.8 Å². The van der Waals surface area contributed by atoms with Gasteiger partial charge >= 0.3 is 0 Å². The van der Waals surface area contributed by atoms with Crippen molar-refractivity contribution in [3.8, 4) is 0 Å². The summed E-state index contributed by atoms with van der Waals surface area (Å²) >= 11 is 3.60. The van der Waals surface area contributed by atoms with E-state index in [-0.39, 0.29) is 6.04 Å². The van der Waals surface area contributed by atoms with Gasteiger partial charge in [0.05, 0.1) is 0 Å². The summed E-state index contributed by atoms with van der Waals surface area (Å²) in [6.07, 6.45) is 4.94. The van der Waals surface area contributed by atoms with E-state index < -0.39 is 0 Å². The monoisotopic (exact) mass is 324 g/mol. The minimum Gasteiger partial charge on any atom is -0.371 e. The van der Waals surface area contributed by atoms with Gasteiger partial charge in [-0.25, -0.2) is 0 Å². The van der Waals surface area contributed by atoms with Gasteiger partial charge in [-0.3, -0.25) is 0 Å². The maximum Gasteiger partial charge on any atom is 0.0410 e. The fraction of sp³-hybridized carbons (Fsp3) is 0.625. The first-order valence-corrected chi connectivity index (χ1v) is 8.18. The van der Waals surface area contributed by atoms with E-state index in [9.17, 15) is 0 Å². The minimum atomic E-state index is 0.217. The van der Waals surface area contributed by atoms with Gasteiger partial charge in [0.2, 0.25) is 0 Å². The standard InChI is InChI=1S/C16H25BrN2/c1-3-4-13-7-8-19(11-13)16-10-15(17)6-5-14(16)9-12(2)18/h5-6,10,12-13H,3-4,7-9,11,18H2,1-2H3. The van der Waals surface area contributed by atoms with E-state index in [1.807, 2.05) is 0 Å². The van der Waals surface area contributed by atoms with Crippen LogP contribution in [0, 0.1) is 5.92 Å². The van der Waals surface area contributed by atoms with E-state index in [1.54, 1.807) is 0 Å². The van der Waals surface area contributed by atoms with Crippen LogP contribution in [0.2, 0.25) is 0 Å². The molecule has 1 aliphatic heterocycles. The van der Waals surface area contributed by atoms with Crippen molar-refractivity contribution in [3.05, 3.63) is 28.2 Å². The third-order valence-corrected chi connectivity index (χ3v) is 4.41. The summed E-state index contributed by atoms with van der Waals surface area (Å²) in [4.78, 5) is 2.54. The first kappa shape index (κ1) is 14.9. The molecular formula is C16H25BrN2. The smallest absolute Gasteiger partial charge is 0.0410 e. The predicted octanol–water partition coefficient (Wildman–Crippen LogP) is 3.97. The van der Waals surface area contributed by atoms with Gasteiger partial charge in [0.25, 0.3) is 0 Å². The minimum absolute atomic E-state index is 0.217. The van der Waals surface area contributed by atoms with Crippen molar-refractivity contribution >= 4 is 21.6 Å². The second-order valence-corrected chi connectivity index (χ2v) is 6.76. The van der Waals surface area contributed by atoms with E-state index in [4.69, 9.17) is 5.73 Å². The first-order valence-electron chi connectivity index (χ1n) is 7.39. The van der Waals surface area contributed by atoms with Crippen LogP contribution in [0.15, 0.2) is 22.7 Å². The largest absolute Gasteiger partial charge is 0.371 e. The lowest BCUT2D eigenvalue weighted by Crippen LogP contribution is -2.24. The molecule has 2 N–H and O–H groups in total. The molecule has 1 aromatic carbocycles. The number of nitrogens with zero attached hydrogens (tertiary/aromatic N) is 1. The second-order valence-electron chi connectivity index (χ2n) is 5.84. The molecule has 2 nitrogen and oxygen atoms in total. The molecular weight excluding hydrogens is 300 g/mol. The van der Waals surface area contributed by atoms with Crippen molar-refractivity contribution in [3.63, 3.8) is 0 Å². The molecule has 0 aromatic heterocycles. The maximum atomic E-state index is 5.97. The average Bonchev–Trinajstić information content (AvgIpc) is 2.80. The highest BCUT2D eigenvalue weighted by Gasteiger charge is 2.23. The van der Waals surface area contributed by atoms with Crippen LogP contribution in [0.4, 0.5) is 5.69 Å². The first-order chi connectivity index (χ1) is 9.10. The van der Waals surface area contributed by atoms with Crippen LogP contribution in [0.1, 0.15) is 38.7 Å². The van der Waals surface area contributed by atoms with Crippen LogP contribution in [0.25, 0.3) is 0 Å². The van der Waals surface area contributed by atoms with Crippen molar-refractivity contribution < 1.29 is 0 Å². The number of halogens is 1. The molecule has 2 unspecified atom stereocenters. The van der Waals surface area contributed by atoms with E-state index in [2.05, 4.69) is 52.9 Å². The van der Waals surface area contributed by atoms with Gasteiger partial charge < -0.3 is 10.6 Å². The number of benzene rings is 1. The lowest BCUT2D eigenvalue weighted by atomic mass is 10.0. The Morgan fingerprint density at radius 1 is 1.47 bits per heavy atom. The molecule has 106 valence electrons. The lowest BCUT2D eigenvalue weighted by Gasteiger charge is -2.23.